The van der Waals surface area contributed by atoms with Crippen LogP contribution in [0.15, 0.2) is 24.3 Å². The van der Waals surface area contributed by atoms with Crippen LogP contribution in [0.5, 0.6) is 0 Å². The van der Waals surface area contributed by atoms with Crippen molar-refractivity contribution in [2.24, 2.45) is 0 Å². The first-order valence-corrected chi connectivity index (χ1v) is 3.99. The molecule has 0 unspecified atom stereocenters. The van der Waals surface area contributed by atoms with Crippen LogP contribution in [0.2, 0.25) is 0 Å². The molecule has 7 heteroatoms. The zero-order valence-electron chi connectivity index (χ0n) is 8.61. The van der Waals surface area contributed by atoms with Gasteiger partial charge in [0.15, 0.2) is 0 Å². The van der Waals surface area contributed by atoms with Crippen LogP contribution >= 0.6 is 0 Å². The number of halogens is 2. The number of nitrogens with one attached hydrogen (secondary N) is 1. The number of nitrogens with zero attached hydrogens (tertiary/aromatic N) is 2. The molecule has 0 saturated heterocycles. The van der Waals surface area contributed by atoms with Crippen LogP contribution in [-0.4, -0.2) is 29.3 Å². The Labute approximate surface area is 120 Å². The van der Waals surface area contributed by atoms with Crippen molar-refractivity contribution in [2.75, 3.05) is 18.5 Å². The molecule has 0 aliphatic heterocycles. The van der Waals surface area contributed by atoms with E-state index in [-0.39, 0.29) is 50.9 Å². The molecule has 0 aliphatic rings. The Morgan fingerprint density at radius 3 is 2.25 bits per heavy atom. The number of hydrogen-bond acceptors (Lipinski definition) is 2. The van der Waals surface area contributed by atoms with Crippen molar-refractivity contribution >= 4 is 11.9 Å². The van der Waals surface area contributed by atoms with Gasteiger partial charge in [-0.1, -0.05) is 0 Å². The summed E-state index contributed by atoms with van der Waals surface area (Å²) < 4.78 is 0. The molecule has 0 amide bonds. The smallest absolute Gasteiger partial charge is 1.00 e. The van der Waals surface area contributed by atoms with Crippen LogP contribution in [0, 0.1) is 0 Å². The summed E-state index contributed by atoms with van der Waals surface area (Å²) in [6.07, 6.45) is 1.36. The molecule has 0 fully saturated rings. The molecule has 2 N–H and O–H groups in total. The standard InChI is InChI=1S/C9H11N3O.2ClH.Zn/c10-12-7-8-1-3-9(4-2-8)11-5-6-13;;;/h1-4,7,11,13H,5-6H2;2*1H;/q;;;+2/p-2. The molecule has 84 valence electrons. The normalized spacial score (nSPS) is 7.31. The van der Waals surface area contributed by atoms with E-state index >= 15 is 0 Å². The first-order valence-electron chi connectivity index (χ1n) is 3.99. The molecule has 0 atom stereocenters. The van der Waals surface area contributed by atoms with Gasteiger partial charge in [0.05, 0.1) is 12.2 Å². The number of anilines is 1. The van der Waals surface area contributed by atoms with Crippen molar-refractivity contribution in [3.63, 3.8) is 0 Å². The van der Waals surface area contributed by atoms with E-state index in [9.17, 15) is 0 Å². The van der Waals surface area contributed by atoms with Crippen LogP contribution in [0.25, 0.3) is 5.53 Å². The van der Waals surface area contributed by atoms with Crippen LogP contribution < -0.4 is 30.1 Å². The largest absolute Gasteiger partial charge is 2.00 e. The van der Waals surface area contributed by atoms with Gasteiger partial charge in [0.1, 0.15) is 0 Å². The van der Waals surface area contributed by atoms with Gasteiger partial charge < -0.3 is 40.8 Å². The summed E-state index contributed by atoms with van der Waals surface area (Å²) in [5, 5.41) is 11.6. The van der Waals surface area contributed by atoms with Crippen molar-refractivity contribution in [3.8, 4) is 0 Å². The maximum absolute atomic E-state index is 8.55. The van der Waals surface area contributed by atoms with Gasteiger partial charge in [0.2, 0.25) is 0 Å². The van der Waals surface area contributed by atoms with Gasteiger partial charge in [-0.2, -0.15) is 4.79 Å². The van der Waals surface area contributed by atoms with Crippen LogP contribution in [-0.2, 0) is 19.5 Å². The molecule has 0 spiro atoms. The summed E-state index contributed by atoms with van der Waals surface area (Å²) in [6.45, 7) is 0.646. The van der Waals surface area contributed by atoms with E-state index < -0.39 is 0 Å². The third-order valence-corrected chi connectivity index (χ3v) is 1.56. The first kappa shape index (κ1) is 20.9. The Morgan fingerprint density at radius 1 is 1.25 bits per heavy atom. The molecule has 1 rings (SSSR count). The van der Waals surface area contributed by atoms with Crippen molar-refractivity contribution in [1.29, 1.82) is 0 Å². The Morgan fingerprint density at radius 2 is 1.81 bits per heavy atom. The van der Waals surface area contributed by atoms with Crippen LogP contribution in [0.3, 0.4) is 0 Å². The zero-order chi connectivity index (χ0) is 9.52. The molecule has 0 radical (unpaired) electrons. The molecule has 4 nitrogen and oxygen atoms in total. The maximum Gasteiger partial charge on any atom is 2.00 e. The fourth-order valence-electron chi connectivity index (χ4n) is 0.954. The van der Waals surface area contributed by atoms with E-state index in [2.05, 4.69) is 10.1 Å². The molecule has 0 saturated carbocycles. The summed E-state index contributed by atoms with van der Waals surface area (Å²) in [5.74, 6) is 0. The van der Waals surface area contributed by atoms with Gasteiger partial charge >= 0.3 is 19.5 Å². The second-order valence-electron chi connectivity index (χ2n) is 2.52. The van der Waals surface area contributed by atoms with Gasteiger partial charge in [0, 0.05) is 12.2 Å². The monoisotopic (exact) mass is 311 g/mol. The summed E-state index contributed by atoms with van der Waals surface area (Å²) >= 11 is 0. The Kier molecular flexibility index (Phi) is 16.5. The molecule has 1 aromatic carbocycles. The fourth-order valence-corrected chi connectivity index (χ4v) is 0.954. The fraction of sp³-hybridized carbons (Fsp3) is 0.222. The minimum Gasteiger partial charge on any atom is -1.00 e. The van der Waals surface area contributed by atoms with E-state index in [0.29, 0.717) is 6.54 Å². The number of rotatable bonds is 4. The summed E-state index contributed by atoms with van der Waals surface area (Å²) in [7, 11) is 0. The average molecular weight is 314 g/mol. The van der Waals surface area contributed by atoms with Gasteiger partial charge in [-0.3, -0.25) is 0 Å². The predicted octanol–water partition coefficient (Wildman–Crippen LogP) is -5.25. The molecular weight excluding hydrogens is 302 g/mol. The molecule has 0 bridgehead atoms. The molecule has 0 aromatic heterocycles. The predicted molar refractivity (Wildman–Crippen MR) is 50.8 cm³/mol. The van der Waals surface area contributed by atoms with E-state index in [1.807, 2.05) is 24.3 Å². The Hall–Kier alpha value is -0.437. The molecule has 16 heavy (non-hydrogen) atoms. The molecule has 0 aliphatic carbocycles. The summed E-state index contributed by atoms with van der Waals surface area (Å²) in [5.41, 5.74) is 10.0. The second kappa shape index (κ2) is 12.6. The van der Waals surface area contributed by atoms with Gasteiger partial charge in [-0.15, -0.1) is 0 Å². The number of hydrogen-bond donors (Lipinski definition) is 2. The Bertz CT molecular complexity index is 315. The SMILES string of the molecule is [Cl-].[Cl-].[N-]=[N+]=Cc1ccc(NCCO)cc1.[Zn+2]. The number of benzene rings is 1. The first-order chi connectivity index (χ1) is 6.36. The van der Waals surface area contributed by atoms with Gasteiger partial charge in [0.25, 0.3) is 6.21 Å². The van der Waals surface area contributed by atoms with Crippen molar-refractivity contribution < 1.29 is 54.2 Å². The van der Waals surface area contributed by atoms with E-state index in [4.69, 9.17) is 10.6 Å². The molecular formula is C9H11Cl2N3OZn. The average Bonchev–Trinajstić information content (AvgIpc) is 2.17. The van der Waals surface area contributed by atoms with Gasteiger partial charge in [-0.05, 0) is 24.3 Å². The minimum atomic E-state index is 0. The Balaban J connectivity index is -0.000000563. The second-order valence-corrected chi connectivity index (χ2v) is 2.52. The number of aliphatic hydroxyl groups excluding tert-OH is 1. The summed E-state index contributed by atoms with van der Waals surface area (Å²) in [4.78, 5) is 2.91. The quantitative estimate of drug-likeness (QED) is 0.252. The van der Waals surface area contributed by atoms with E-state index in [1.54, 1.807) is 0 Å². The third kappa shape index (κ3) is 7.80. The number of aliphatic hydroxyl groups is 1. The van der Waals surface area contributed by atoms with Crippen molar-refractivity contribution in [1.82, 2.24) is 0 Å². The van der Waals surface area contributed by atoms with E-state index in [1.165, 1.54) is 6.21 Å². The van der Waals surface area contributed by atoms with Crippen molar-refractivity contribution in [3.05, 3.63) is 35.4 Å². The zero-order valence-corrected chi connectivity index (χ0v) is 13.1. The maximum atomic E-state index is 8.55. The summed E-state index contributed by atoms with van der Waals surface area (Å²) in [6, 6.07) is 7.35. The van der Waals surface area contributed by atoms with Crippen LogP contribution in [0.4, 0.5) is 5.69 Å². The van der Waals surface area contributed by atoms with Gasteiger partial charge in [-0.25, -0.2) is 0 Å². The van der Waals surface area contributed by atoms with E-state index in [0.717, 1.165) is 11.3 Å². The third-order valence-electron chi connectivity index (χ3n) is 1.56. The minimum absolute atomic E-state index is 0. The molecule has 1 aromatic rings. The molecule has 0 heterocycles. The van der Waals surface area contributed by atoms with Crippen molar-refractivity contribution in [2.45, 2.75) is 0 Å². The van der Waals surface area contributed by atoms with Crippen LogP contribution in [0.1, 0.15) is 5.56 Å². The topological polar surface area (TPSA) is 68.7 Å².